The van der Waals surface area contributed by atoms with Gasteiger partial charge in [0.15, 0.2) is 0 Å². The molecule has 11 nitrogen and oxygen atoms in total. The number of hydrogen-bond acceptors (Lipinski definition) is 9. The molecule has 2 aromatic rings. The summed E-state index contributed by atoms with van der Waals surface area (Å²) in [6, 6.07) is 3.46. The summed E-state index contributed by atoms with van der Waals surface area (Å²) in [6.45, 7) is 3.37. The van der Waals surface area contributed by atoms with Crippen LogP contribution in [0, 0.1) is 0 Å². The number of rotatable bonds is 13. The quantitative estimate of drug-likeness (QED) is 0.186. The molecule has 1 aliphatic heterocycles. The molecule has 0 saturated heterocycles. The Kier molecular flexibility index (Phi) is 9.54. The first-order chi connectivity index (χ1) is 19.8. The second-order valence-electron chi connectivity index (χ2n) is 12.2. The largest absolute Gasteiger partial charge is 0.494 e. The van der Waals surface area contributed by atoms with E-state index in [9.17, 15) is 19.5 Å². The minimum Gasteiger partial charge on any atom is -0.494 e. The molecule has 0 fully saturated rings. The number of hydrogen-bond donors (Lipinski definition) is 1. The molecule has 2 aliphatic rings. The maximum absolute atomic E-state index is 14.1. The van der Waals surface area contributed by atoms with E-state index in [4.69, 9.17) is 4.99 Å². The summed E-state index contributed by atoms with van der Waals surface area (Å²) in [5.74, 6) is -0.162. The van der Waals surface area contributed by atoms with Crippen LogP contribution in [0.1, 0.15) is 19.3 Å². The van der Waals surface area contributed by atoms with E-state index in [-0.39, 0.29) is 23.5 Å². The highest BCUT2D eigenvalue weighted by Crippen LogP contribution is 2.41. The minimum atomic E-state index is -0.398. The average Bonchev–Trinajstić information content (AvgIpc) is 2.91. The summed E-state index contributed by atoms with van der Waals surface area (Å²) in [7, 11) is 15.5. The van der Waals surface area contributed by atoms with Gasteiger partial charge in [0, 0.05) is 50.1 Å². The van der Waals surface area contributed by atoms with Crippen molar-refractivity contribution in [1.82, 2.24) is 23.8 Å². The molecule has 4 rings (SSSR count). The van der Waals surface area contributed by atoms with Crippen molar-refractivity contribution < 1.29 is 5.11 Å². The number of pyridine rings is 2. The van der Waals surface area contributed by atoms with Gasteiger partial charge in [-0.2, -0.15) is 0 Å². The van der Waals surface area contributed by atoms with Gasteiger partial charge in [0.2, 0.25) is 5.88 Å². The third kappa shape index (κ3) is 5.99. The van der Waals surface area contributed by atoms with E-state index in [0.717, 1.165) is 26.1 Å². The fourth-order valence-corrected chi connectivity index (χ4v) is 5.70. The summed E-state index contributed by atoms with van der Waals surface area (Å²) in [4.78, 5) is 54.8. The Labute approximate surface area is 246 Å². The van der Waals surface area contributed by atoms with Gasteiger partial charge in [-0.3, -0.25) is 28.5 Å². The van der Waals surface area contributed by atoms with Crippen LogP contribution in [0.4, 0.5) is 5.69 Å². The van der Waals surface area contributed by atoms with Crippen molar-refractivity contribution in [3.63, 3.8) is 0 Å². The molecular formula is C31H45N7O4. The Morgan fingerprint density at radius 3 is 1.81 bits per heavy atom. The summed E-state index contributed by atoms with van der Waals surface area (Å²) < 4.78 is 2.72. The van der Waals surface area contributed by atoms with Gasteiger partial charge in [0.1, 0.15) is 0 Å². The van der Waals surface area contributed by atoms with Crippen LogP contribution in [0.2, 0.25) is 0 Å². The molecule has 0 spiro atoms. The van der Waals surface area contributed by atoms with Gasteiger partial charge in [-0.15, -0.1) is 0 Å². The Hall–Kier alpha value is -3.54. The number of benzene rings is 2. The molecule has 2 heterocycles. The van der Waals surface area contributed by atoms with Gasteiger partial charge in [-0.1, -0.05) is 0 Å². The third-order valence-corrected chi connectivity index (χ3v) is 7.75. The molecule has 11 heteroatoms. The highest BCUT2D eigenvalue weighted by molar-refractivity contribution is 6.19. The lowest BCUT2D eigenvalue weighted by Gasteiger charge is -2.24. The van der Waals surface area contributed by atoms with Crippen molar-refractivity contribution in [1.29, 1.82) is 0 Å². The summed E-state index contributed by atoms with van der Waals surface area (Å²) in [5, 5.41) is 13.5. The molecule has 0 unspecified atom stereocenters. The van der Waals surface area contributed by atoms with Crippen LogP contribution in [0.5, 0.6) is 5.88 Å². The fraction of sp³-hybridized carbons (Fsp3) is 0.548. The molecule has 228 valence electrons. The lowest BCUT2D eigenvalue weighted by Crippen LogP contribution is -2.38. The Bertz CT molecular complexity index is 1750. The average molecular weight is 580 g/mol. The minimum absolute atomic E-state index is 0.162. The maximum Gasteiger partial charge on any atom is 0.263 e. The second-order valence-corrected chi connectivity index (χ2v) is 12.2. The first kappa shape index (κ1) is 31.4. The molecule has 1 aromatic heterocycles. The van der Waals surface area contributed by atoms with Crippen molar-refractivity contribution in [2.75, 3.05) is 87.5 Å². The van der Waals surface area contributed by atoms with Gasteiger partial charge in [0.25, 0.3) is 16.7 Å². The first-order valence-corrected chi connectivity index (χ1v) is 14.6. The molecule has 0 atom stereocenters. The first-order valence-electron chi connectivity index (χ1n) is 14.6. The van der Waals surface area contributed by atoms with Gasteiger partial charge in [-0.05, 0) is 93.3 Å². The van der Waals surface area contributed by atoms with Crippen LogP contribution < -0.4 is 26.9 Å². The van der Waals surface area contributed by atoms with E-state index in [2.05, 4.69) is 4.90 Å². The van der Waals surface area contributed by atoms with E-state index >= 15 is 0 Å². The van der Waals surface area contributed by atoms with Gasteiger partial charge >= 0.3 is 0 Å². The van der Waals surface area contributed by atoms with Crippen molar-refractivity contribution in [3.05, 3.63) is 48.6 Å². The van der Waals surface area contributed by atoms with E-state index in [1.807, 2.05) is 71.1 Å². The van der Waals surface area contributed by atoms with Gasteiger partial charge in [0.05, 0.1) is 27.4 Å². The van der Waals surface area contributed by atoms with Crippen molar-refractivity contribution in [3.8, 4) is 17.0 Å². The molecule has 1 aliphatic carbocycles. The lowest BCUT2D eigenvalue weighted by molar-refractivity contribution is 0.365. The van der Waals surface area contributed by atoms with Crippen molar-refractivity contribution in [2.45, 2.75) is 32.4 Å². The predicted molar refractivity (Wildman–Crippen MR) is 171 cm³/mol. The normalized spacial score (nSPS) is 12.9. The predicted octanol–water partition coefficient (Wildman–Crippen LogP) is 1.18. The van der Waals surface area contributed by atoms with Crippen molar-refractivity contribution in [2.24, 2.45) is 4.99 Å². The van der Waals surface area contributed by atoms with Crippen LogP contribution >= 0.6 is 0 Å². The van der Waals surface area contributed by atoms with E-state index in [1.54, 1.807) is 12.1 Å². The van der Waals surface area contributed by atoms with Crippen LogP contribution in [0.25, 0.3) is 32.7 Å². The molecule has 1 aromatic carbocycles. The van der Waals surface area contributed by atoms with Crippen LogP contribution in [0.3, 0.4) is 0 Å². The zero-order valence-electron chi connectivity index (χ0n) is 26.3. The van der Waals surface area contributed by atoms with Gasteiger partial charge < -0.3 is 24.7 Å². The molecule has 0 bridgehead atoms. The number of aromatic hydroxyl groups is 1. The summed E-state index contributed by atoms with van der Waals surface area (Å²) in [6.07, 6.45) is 2.07. The summed E-state index contributed by atoms with van der Waals surface area (Å²) in [5.41, 5.74) is 0.197. The fourth-order valence-electron chi connectivity index (χ4n) is 5.70. The highest BCUT2D eigenvalue weighted by Gasteiger charge is 2.29. The molecular weight excluding hydrogens is 534 g/mol. The molecule has 0 amide bonds. The lowest BCUT2D eigenvalue weighted by atomic mass is 9.89. The van der Waals surface area contributed by atoms with Crippen LogP contribution in [-0.2, 0) is 13.1 Å². The number of aromatic nitrogens is 2. The van der Waals surface area contributed by atoms with Crippen LogP contribution in [0.15, 0.2) is 31.5 Å². The van der Waals surface area contributed by atoms with Crippen molar-refractivity contribution >= 4 is 27.2 Å². The second kappa shape index (κ2) is 12.8. The smallest absolute Gasteiger partial charge is 0.263 e. The number of anilines is 1. The summed E-state index contributed by atoms with van der Waals surface area (Å²) >= 11 is 0. The Balaban J connectivity index is 2.14. The number of nitrogens with zero attached hydrogens (tertiary/aromatic N) is 7. The topological polar surface area (TPSA) is 107 Å². The Morgan fingerprint density at radius 2 is 1.24 bits per heavy atom. The monoisotopic (exact) mass is 579 g/mol. The zero-order chi connectivity index (χ0) is 30.9. The van der Waals surface area contributed by atoms with E-state index in [1.165, 1.54) is 9.13 Å². The third-order valence-electron chi connectivity index (χ3n) is 7.75. The van der Waals surface area contributed by atoms with E-state index < -0.39 is 5.56 Å². The molecule has 0 radical (unpaired) electrons. The maximum atomic E-state index is 14.1. The standard InChI is InChI=1S/C31H45N7O4/c1-33(2)13-9-12-32-22-18-20-25-24-21(29(40)37(30(41)26(22)24)16-10-14-34(3)4)19-23(36(7)8)27(25)31(42)38(28(20)39)17-11-15-35(5)6/h18-19,40H,9-17H2,1-8H3. The van der Waals surface area contributed by atoms with Crippen LogP contribution in [-0.4, -0.2) is 112 Å². The zero-order valence-corrected chi connectivity index (χ0v) is 26.3. The highest BCUT2D eigenvalue weighted by atomic mass is 16.3. The Morgan fingerprint density at radius 1 is 0.690 bits per heavy atom. The molecule has 0 saturated carbocycles. The van der Waals surface area contributed by atoms with Gasteiger partial charge in [-0.25, -0.2) is 0 Å². The molecule has 42 heavy (non-hydrogen) atoms. The molecule has 1 N–H and O–H groups in total. The van der Waals surface area contributed by atoms with E-state index in [0.29, 0.717) is 69.6 Å². The SMILES string of the molecule is CN(C)CCCN=c1cc2c(=O)n(CCCN(C)C)c(=O)c3c(N(C)C)cc4c(O)n(CCCN(C)C)c(=O)c1c4c3-2.